The number of carbonyl (C=O) groups is 1. The first-order chi connectivity index (χ1) is 10.1. The Morgan fingerprint density at radius 2 is 1.96 bits per heavy atom. The largest absolute Gasteiger partial charge is 0.352 e. The quantitative estimate of drug-likeness (QED) is 0.774. The number of aromatic nitrogens is 3. The van der Waals surface area contributed by atoms with E-state index in [2.05, 4.69) is 20.7 Å². The zero-order chi connectivity index (χ0) is 15.2. The lowest BCUT2D eigenvalue weighted by atomic mass is 10.2. The molecule has 2 aromatic rings. The highest BCUT2D eigenvalue weighted by molar-refractivity contribution is 5.93. The average Bonchev–Trinajstić information content (AvgIpc) is 2.82. The standard InChI is InChI=1S/C15H21N5O.2ClH/c1-11-9-12(2)20(19-11)14-6-5-13(10-18-14)15(21)17-8-4-7-16-3;;/h5-6,9-10,16H,4,7-8H2,1-3H3,(H,17,21);2*1H. The van der Waals surface area contributed by atoms with Crippen LogP contribution in [0.5, 0.6) is 0 Å². The number of carbonyl (C=O) groups excluding carboxylic acids is 1. The highest BCUT2D eigenvalue weighted by Gasteiger charge is 2.08. The van der Waals surface area contributed by atoms with Crippen molar-refractivity contribution in [2.75, 3.05) is 20.1 Å². The maximum absolute atomic E-state index is 11.9. The lowest BCUT2D eigenvalue weighted by Gasteiger charge is -2.06. The predicted octanol–water partition coefficient (Wildman–Crippen LogP) is 2.07. The Kier molecular flexibility index (Phi) is 9.48. The molecule has 0 radical (unpaired) electrons. The molecule has 2 aromatic heterocycles. The van der Waals surface area contributed by atoms with Crippen molar-refractivity contribution in [2.24, 2.45) is 0 Å². The summed E-state index contributed by atoms with van der Waals surface area (Å²) in [6, 6.07) is 5.57. The Labute approximate surface area is 148 Å². The second kappa shape index (κ2) is 10.2. The predicted molar refractivity (Wildman–Crippen MR) is 96.2 cm³/mol. The summed E-state index contributed by atoms with van der Waals surface area (Å²) in [6.45, 7) is 5.45. The first-order valence-corrected chi connectivity index (χ1v) is 7.04. The minimum atomic E-state index is -0.0986. The molecule has 128 valence electrons. The number of nitrogens with one attached hydrogen (secondary N) is 2. The summed E-state index contributed by atoms with van der Waals surface area (Å²) >= 11 is 0. The summed E-state index contributed by atoms with van der Waals surface area (Å²) in [5.41, 5.74) is 2.52. The maximum atomic E-state index is 11.9. The molecule has 0 aliphatic rings. The van der Waals surface area contributed by atoms with Crippen molar-refractivity contribution >= 4 is 30.7 Å². The lowest BCUT2D eigenvalue weighted by molar-refractivity contribution is 0.0953. The molecule has 23 heavy (non-hydrogen) atoms. The van der Waals surface area contributed by atoms with Gasteiger partial charge in [0.05, 0.1) is 11.3 Å². The smallest absolute Gasteiger partial charge is 0.252 e. The van der Waals surface area contributed by atoms with Crippen molar-refractivity contribution < 1.29 is 4.79 Å². The van der Waals surface area contributed by atoms with Crippen LogP contribution in [-0.2, 0) is 0 Å². The Hall–Kier alpha value is -1.63. The first-order valence-electron chi connectivity index (χ1n) is 7.04. The highest BCUT2D eigenvalue weighted by Crippen LogP contribution is 2.10. The molecular weight excluding hydrogens is 337 g/mol. The number of amides is 1. The highest BCUT2D eigenvalue weighted by atomic mass is 35.5. The van der Waals surface area contributed by atoms with Crippen LogP contribution in [0.1, 0.15) is 28.2 Å². The van der Waals surface area contributed by atoms with Crippen molar-refractivity contribution in [3.05, 3.63) is 41.3 Å². The van der Waals surface area contributed by atoms with E-state index in [0.29, 0.717) is 17.9 Å². The molecule has 0 atom stereocenters. The molecule has 0 aromatic carbocycles. The van der Waals surface area contributed by atoms with E-state index in [4.69, 9.17) is 0 Å². The van der Waals surface area contributed by atoms with E-state index in [-0.39, 0.29) is 30.7 Å². The van der Waals surface area contributed by atoms with E-state index < -0.39 is 0 Å². The number of nitrogens with zero attached hydrogens (tertiary/aromatic N) is 3. The van der Waals surface area contributed by atoms with E-state index in [0.717, 1.165) is 24.4 Å². The van der Waals surface area contributed by atoms with Crippen molar-refractivity contribution in [3.63, 3.8) is 0 Å². The van der Waals surface area contributed by atoms with Gasteiger partial charge in [0, 0.05) is 18.4 Å². The first kappa shape index (κ1) is 21.4. The minimum Gasteiger partial charge on any atom is -0.352 e. The van der Waals surface area contributed by atoms with Gasteiger partial charge in [0.25, 0.3) is 5.91 Å². The Balaban J connectivity index is 0.00000242. The summed E-state index contributed by atoms with van der Waals surface area (Å²) in [7, 11) is 1.89. The average molecular weight is 360 g/mol. The second-order valence-corrected chi connectivity index (χ2v) is 4.96. The van der Waals surface area contributed by atoms with Crippen LogP contribution in [0.4, 0.5) is 0 Å². The third-order valence-electron chi connectivity index (χ3n) is 3.13. The van der Waals surface area contributed by atoms with Gasteiger partial charge in [-0.15, -0.1) is 24.8 Å². The van der Waals surface area contributed by atoms with Crippen molar-refractivity contribution in [2.45, 2.75) is 20.3 Å². The number of halogens is 2. The summed E-state index contributed by atoms with van der Waals surface area (Å²) < 4.78 is 1.77. The molecule has 0 bridgehead atoms. The SMILES string of the molecule is CNCCCNC(=O)c1ccc(-n2nc(C)cc2C)nc1.Cl.Cl. The molecule has 0 unspecified atom stereocenters. The Morgan fingerprint density at radius 1 is 1.22 bits per heavy atom. The van der Waals surface area contributed by atoms with Crippen LogP contribution in [0, 0.1) is 13.8 Å². The molecule has 0 aliphatic carbocycles. The van der Waals surface area contributed by atoms with E-state index in [1.54, 1.807) is 16.9 Å². The van der Waals surface area contributed by atoms with Crippen molar-refractivity contribution in [1.82, 2.24) is 25.4 Å². The van der Waals surface area contributed by atoms with Crippen LogP contribution in [0.2, 0.25) is 0 Å². The van der Waals surface area contributed by atoms with Gasteiger partial charge in [0.1, 0.15) is 0 Å². The van der Waals surface area contributed by atoms with Gasteiger partial charge in [-0.2, -0.15) is 5.10 Å². The molecular formula is C15H23Cl2N5O. The van der Waals surface area contributed by atoms with Gasteiger partial charge < -0.3 is 10.6 Å². The van der Waals surface area contributed by atoms with Crippen LogP contribution in [0.3, 0.4) is 0 Å². The normalized spacial score (nSPS) is 9.70. The van der Waals surface area contributed by atoms with E-state index in [9.17, 15) is 4.79 Å². The second-order valence-electron chi connectivity index (χ2n) is 4.96. The van der Waals surface area contributed by atoms with E-state index >= 15 is 0 Å². The zero-order valence-electron chi connectivity index (χ0n) is 13.5. The molecule has 6 nitrogen and oxygen atoms in total. The molecule has 1 amide bonds. The topological polar surface area (TPSA) is 71.8 Å². The van der Waals surface area contributed by atoms with Crippen LogP contribution < -0.4 is 10.6 Å². The number of rotatable bonds is 6. The summed E-state index contributed by atoms with van der Waals surface area (Å²) in [5, 5.41) is 10.3. The fraction of sp³-hybridized carbons (Fsp3) is 0.400. The molecule has 2 heterocycles. The van der Waals surface area contributed by atoms with Crippen molar-refractivity contribution in [1.29, 1.82) is 0 Å². The minimum absolute atomic E-state index is 0. The molecule has 0 spiro atoms. The van der Waals surface area contributed by atoms with Gasteiger partial charge in [-0.1, -0.05) is 0 Å². The van der Waals surface area contributed by atoms with Gasteiger partial charge in [0.15, 0.2) is 5.82 Å². The summed E-state index contributed by atoms with van der Waals surface area (Å²) in [6.07, 6.45) is 2.48. The van der Waals surface area contributed by atoms with Gasteiger partial charge >= 0.3 is 0 Å². The van der Waals surface area contributed by atoms with Gasteiger partial charge in [-0.25, -0.2) is 9.67 Å². The van der Waals surface area contributed by atoms with Crippen LogP contribution in [0.15, 0.2) is 24.4 Å². The van der Waals surface area contributed by atoms with Crippen LogP contribution in [0.25, 0.3) is 5.82 Å². The molecule has 0 saturated heterocycles. The number of hydrogen-bond donors (Lipinski definition) is 2. The van der Waals surface area contributed by atoms with Crippen molar-refractivity contribution in [3.8, 4) is 5.82 Å². The fourth-order valence-electron chi connectivity index (χ4n) is 2.08. The van der Waals surface area contributed by atoms with Gasteiger partial charge in [-0.05, 0) is 52.1 Å². The van der Waals surface area contributed by atoms with E-state index in [1.807, 2.05) is 33.0 Å². The number of pyridine rings is 1. The van der Waals surface area contributed by atoms with Gasteiger partial charge in [0.2, 0.25) is 0 Å². The Bertz CT molecular complexity index is 613. The fourth-order valence-corrected chi connectivity index (χ4v) is 2.08. The van der Waals surface area contributed by atoms with Gasteiger partial charge in [-0.3, -0.25) is 4.79 Å². The molecule has 2 rings (SSSR count). The summed E-state index contributed by atoms with van der Waals surface area (Å²) in [5.74, 6) is 0.617. The molecule has 0 aliphatic heterocycles. The molecule has 0 fully saturated rings. The van der Waals surface area contributed by atoms with Crippen LogP contribution in [-0.4, -0.2) is 40.8 Å². The monoisotopic (exact) mass is 359 g/mol. The molecule has 2 N–H and O–H groups in total. The number of aryl methyl sites for hydroxylation is 2. The molecule has 8 heteroatoms. The van der Waals surface area contributed by atoms with E-state index in [1.165, 1.54) is 0 Å². The third-order valence-corrected chi connectivity index (χ3v) is 3.13. The third kappa shape index (κ3) is 5.82. The number of hydrogen-bond acceptors (Lipinski definition) is 4. The lowest BCUT2D eigenvalue weighted by Crippen LogP contribution is -2.26. The zero-order valence-corrected chi connectivity index (χ0v) is 15.1. The van der Waals surface area contributed by atoms with Crippen LogP contribution >= 0.6 is 24.8 Å². The maximum Gasteiger partial charge on any atom is 0.252 e. The molecule has 0 saturated carbocycles. The summed E-state index contributed by atoms with van der Waals surface area (Å²) in [4.78, 5) is 16.2. The Morgan fingerprint density at radius 3 is 2.48 bits per heavy atom.